The van der Waals surface area contributed by atoms with E-state index in [1.54, 1.807) is 0 Å². The number of anilines is 3. The topological polar surface area (TPSA) is 3.24 Å². The zero-order chi connectivity index (χ0) is 44.3. The number of benzene rings is 11. The third-order valence-corrected chi connectivity index (χ3v) is 15.1. The second kappa shape index (κ2) is 16.0. The molecule has 0 saturated carbocycles. The Morgan fingerprint density at radius 1 is 0.313 bits per heavy atom. The quantitative estimate of drug-likeness (QED) is 0.147. The minimum atomic E-state index is -0.519. The summed E-state index contributed by atoms with van der Waals surface area (Å²) in [6, 6.07) is 96.4. The lowest BCUT2D eigenvalue weighted by Gasteiger charge is -2.34. The van der Waals surface area contributed by atoms with Crippen LogP contribution in [0.1, 0.15) is 22.3 Å². The number of fused-ring (bicyclic) bond motifs is 7. The van der Waals surface area contributed by atoms with Crippen molar-refractivity contribution < 1.29 is 0 Å². The van der Waals surface area contributed by atoms with Gasteiger partial charge in [0.15, 0.2) is 0 Å². The summed E-state index contributed by atoms with van der Waals surface area (Å²) in [5, 5.41) is 5.14. The van der Waals surface area contributed by atoms with Gasteiger partial charge in [0.05, 0.1) is 11.1 Å². The van der Waals surface area contributed by atoms with Crippen LogP contribution >= 0.6 is 11.3 Å². The van der Waals surface area contributed by atoms with E-state index in [0.717, 1.165) is 22.6 Å². The lowest BCUT2D eigenvalue weighted by atomic mass is 9.68. The fourth-order valence-corrected chi connectivity index (χ4v) is 12.1. The van der Waals surface area contributed by atoms with Crippen molar-refractivity contribution in [2.24, 2.45) is 0 Å². The van der Waals surface area contributed by atoms with E-state index in [1.165, 1.54) is 92.1 Å². The molecule has 0 unspecified atom stereocenters. The maximum Gasteiger partial charge on any atom is 0.0714 e. The van der Waals surface area contributed by atoms with E-state index < -0.39 is 5.41 Å². The molecule has 13 rings (SSSR count). The van der Waals surface area contributed by atoms with E-state index >= 15 is 0 Å². The first-order chi connectivity index (χ1) is 33.2. The van der Waals surface area contributed by atoms with Crippen LogP contribution < -0.4 is 4.90 Å². The Kier molecular flexibility index (Phi) is 9.33. The van der Waals surface area contributed by atoms with Gasteiger partial charge in [0, 0.05) is 37.1 Å². The Morgan fingerprint density at radius 2 is 0.881 bits per heavy atom. The molecule has 0 saturated heterocycles. The van der Waals surface area contributed by atoms with Gasteiger partial charge >= 0.3 is 0 Å². The van der Waals surface area contributed by atoms with E-state index in [1.807, 2.05) is 11.3 Å². The van der Waals surface area contributed by atoms with Gasteiger partial charge in [-0.3, -0.25) is 0 Å². The fourth-order valence-electron chi connectivity index (χ4n) is 11.0. The summed E-state index contributed by atoms with van der Waals surface area (Å²) >= 11 is 1.87. The minimum absolute atomic E-state index is 0.519. The van der Waals surface area contributed by atoms with Gasteiger partial charge < -0.3 is 4.90 Å². The van der Waals surface area contributed by atoms with Crippen molar-refractivity contribution in [3.8, 4) is 44.5 Å². The van der Waals surface area contributed by atoms with E-state index in [2.05, 4.69) is 266 Å². The van der Waals surface area contributed by atoms with Gasteiger partial charge in [0.1, 0.15) is 0 Å². The smallest absolute Gasteiger partial charge is 0.0714 e. The maximum absolute atomic E-state index is 2.48. The molecule has 1 heterocycles. The van der Waals surface area contributed by atoms with Crippen LogP contribution in [0.2, 0.25) is 0 Å². The van der Waals surface area contributed by atoms with E-state index in [0.29, 0.717) is 0 Å². The predicted octanol–water partition coefficient (Wildman–Crippen LogP) is 18.0. The molecule has 2 heteroatoms. The van der Waals surface area contributed by atoms with Gasteiger partial charge in [-0.25, -0.2) is 0 Å². The fraction of sp³-hybridized carbons (Fsp3) is 0.0154. The lowest BCUT2D eigenvalue weighted by molar-refractivity contribution is 0.768. The van der Waals surface area contributed by atoms with Crippen LogP contribution in [0.15, 0.2) is 261 Å². The number of hydrogen-bond donors (Lipinski definition) is 0. The van der Waals surface area contributed by atoms with Gasteiger partial charge in [-0.15, -0.1) is 11.3 Å². The summed E-state index contributed by atoms with van der Waals surface area (Å²) in [7, 11) is 0. The molecule has 314 valence electrons. The van der Waals surface area contributed by atoms with Crippen molar-refractivity contribution in [2.75, 3.05) is 4.90 Å². The van der Waals surface area contributed by atoms with E-state index in [4.69, 9.17) is 0 Å². The largest absolute Gasteiger partial charge is 0.310 e. The highest BCUT2D eigenvalue weighted by Crippen LogP contribution is 2.59. The summed E-state index contributed by atoms with van der Waals surface area (Å²) in [6.07, 6.45) is 0. The first-order valence-electron chi connectivity index (χ1n) is 23.1. The Bertz CT molecular complexity index is 3760. The van der Waals surface area contributed by atoms with Crippen molar-refractivity contribution in [3.05, 3.63) is 283 Å². The molecule has 1 nitrogen and oxygen atoms in total. The van der Waals surface area contributed by atoms with Crippen LogP contribution in [-0.4, -0.2) is 0 Å². The molecule has 0 fully saturated rings. The molecule has 0 N–H and O–H groups in total. The average Bonchev–Trinajstić information content (AvgIpc) is 3.93. The molecule has 0 amide bonds. The molecule has 0 aliphatic heterocycles. The first-order valence-corrected chi connectivity index (χ1v) is 23.9. The van der Waals surface area contributed by atoms with Crippen LogP contribution in [0, 0.1) is 0 Å². The summed E-state index contributed by atoms with van der Waals surface area (Å²) in [4.78, 5) is 2.48. The Balaban J connectivity index is 1.00. The zero-order valence-corrected chi connectivity index (χ0v) is 37.5. The number of thiophene rings is 1. The first kappa shape index (κ1) is 39.1. The molecule has 0 bridgehead atoms. The van der Waals surface area contributed by atoms with Gasteiger partial charge in [-0.2, -0.15) is 0 Å². The summed E-state index contributed by atoms with van der Waals surface area (Å²) in [5.41, 5.74) is 17.6. The number of rotatable bonds is 8. The number of hydrogen-bond acceptors (Lipinski definition) is 2. The SMILES string of the molecule is c1ccc(C2(c3ccccc3)c3ccccc3-c3c(N(c4ccc(-c5ccc6c(c5)sc5ccccc56)cc4)c4cccc(-c5cccc(-c6cccc7ccccc67)c5)c4)cccc32)cc1. The molecule has 1 aliphatic carbocycles. The Hall–Kier alpha value is -8.30. The normalized spacial score (nSPS) is 12.6. The highest BCUT2D eigenvalue weighted by Gasteiger charge is 2.47. The maximum atomic E-state index is 2.48. The van der Waals surface area contributed by atoms with Crippen LogP contribution in [0.25, 0.3) is 75.5 Å². The third-order valence-electron chi connectivity index (χ3n) is 13.9. The third kappa shape index (κ3) is 6.37. The average molecular weight is 870 g/mol. The van der Waals surface area contributed by atoms with Gasteiger partial charge in [0.2, 0.25) is 0 Å². The minimum Gasteiger partial charge on any atom is -0.310 e. The van der Waals surface area contributed by atoms with Crippen molar-refractivity contribution in [3.63, 3.8) is 0 Å². The second-order valence-corrected chi connectivity index (χ2v) is 18.7. The molecule has 0 radical (unpaired) electrons. The molecular formula is C65H43NS. The summed E-state index contributed by atoms with van der Waals surface area (Å²) in [5.74, 6) is 0. The van der Waals surface area contributed by atoms with Crippen molar-refractivity contribution in [1.82, 2.24) is 0 Å². The summed E-state index contributed by atoms with van der Waals surface area (Å²) < 4.78 is 2.63. The van der Waals surface area contributed by atoms with Crippen LogP contribution in [0.3, 0.4) is 0 Å². The molecule has 1 aliphatic rings. The van der Waals surface area contributed by atoms with Gasteiger partial charge in [-0.05, 0) is 121 Å². The number of nitrogens with zero attached hydrogens (tertiary/aromatic N) is 1. The predicted molar refractivity (Wildman–Crippen MR) is 285 cm³/mol. The van der Waals surface area contributed by atoms with Crippen molar-refractivity contribution in [1.29, 1.82) is 0 Å². The highest BCUT2D eigenvalue weighted by atomic mass is 32.1. The standard InChI is InChI=1S/C65H43NS/c1-3-22-50(23-4-1)65(51-24-5-2-6-25-51)59-31-11-9-29-58(59)64-60(65)32-16-33-61(64)66(52-38-35-44(36-39-52)48-37-40-57-56-28-10-12-34-62(56)67-63(57)43-48)53-26-14-20-47(42-53)46-19-13-21-49(41-46)55-30-15-18-45-17-7-8-27-54(45)55/h1-43H. The molecule has 67 heavy (non-hydrogen) atoms. The van der Waals surface area contributed by atoms with Crippen molar-refractivity contribution >= 4 is 59.3 Å². The Labute approximate surface area is 395 Å². The van der Waals surface area contributed by atoms with Crippen LogP contribution in [0.4, 0.5) is 17.1 Å². The monoisotopic (exact) mass is 869 g/mol. The van der Waals surface area contributed by atoms with E-state index in [9.17, 15) is 0 Å². The molecule has 11 aromatic carbocycles. The molecule has 0 atom stereocenters. The van der Waals surface area contributed by atoms with Gasteiger partial charge in [0.25, 0.3) is 0 Å². The molecular weight excluding hydrogens is 827 g/mol. The summed E-state index contributed by atoms with van der Waals surface area (Å²) in [6.45, 7) is 0. The highest BCUT2D eigenvalue weighted by molar-refractivity contribution is 7.25. The van der Waals surface area contributed by atoms with E-state index in [-0.39, 0.29) is 0 Å². The van der Waals surface area contributed by atoms with Crippen LogP contribution in [-0.2, 0) is 5.41 Å². The Morgan fingerprint density at radius 3 is 1.70 bits per heavy atom. The van der Waals surface area contributed by atoms with Crippen LogP contribution in [0.5, 0.6) is 0 Å². The molecule has 12 aromatic rings. The lowest BCUT2D eigenvalue weighted by Crippen LogP contribution is -2.28. The second-order valence-electron chi connectivity index (χ2n) is 17.6. The molecule has 1 aromatic heterocycles. The van der Waals surface area contributed by atoms with Crippen molar-refractivity contribution in [2.45, 2.75) is 5.41 Å². The zero-order valence-electron chi connectivity index (χ0n) is 36.7. The molecule has 0 spiro atoms. The van der Waals surface area contributed by atoms with Gasteiger partial charge in [-0.1, -0.05) is 212 Å².